The lowest BCUT2D eigenvalue weighted by atomic mass is 10.2. The summed E-state index contributed by atoms with van der Waals surface area (Å²) in [6, 6.07) is 4.02. The molecular weight excluding hydrogens is 455 g/mol. The zero-order valence-electron chi connectivity index (χ0n) is 16.7. The number of pyridine rings is 1. The fraction of sp³-hybridized carbons (Fsp3) is 0.700. The van der Waals surface area contributed by atoms with Gasteiger partial charge in [-0.15, -0.1) is 24.0 Å². The number of hydrogen-bond acceptors (Lipinski definition) is 4. The lowest BCUT2D eigenvalue weighted by Gasteiger charge is -2.14. The normalized spacial score (nSPS) is 14.7. The van der Waals surface area contributed by atoms with E-state index in [1.165, 1.54) is 19.3 Å². The van der Waals surface area contributed by atoms with Gasteiger partial charge in [-0.25, -0.2) is 4.98 Å². The summed E-state index contributed by atoms with van der Waals surface area (Å²) in [6.07, 6.45) is 10.2. The van der Waals surface area contributed by atoms with Crippen LogP contribution in [0.25, 0.3) is 0 Å². The number of aromatic nitrogens is 1. The molecule has 0 radical (unpaired) electrons. The first-order chi connectivity index (χ1) is 12.8. The van der Waals surface area contributed by atoms with Crippen LogP contribution in [0.15, 0.2) is 23.3 Å². The molecule has 0 spiro atoms. The van der Waals surface area contributed by atoms with Gasteiger partial charge in [-0.2, -0.15) is 0 Å². The summed E-state index contributed by atoms with van der Waals surface area (Å²) in [5.74, 6) is 1.53. The quantitative estimate of drug-likeness (QED) is 0.213. The number of rotatable bonds is 11. The van der Waals surface area contributed by atoms with Gasteiger partial charge in [0, 0.05) is 45.6 Å². The predicted molar refractivity (Wildman–Crippen MR) is 121 cm³/mol. The molecule has 154 valence electrons. The molecule has 7 heteroatoms. The van der Waals surface area contributed by atoms with Gasteiger partial charge in [0.05, 0.1) is 0 Å². The molecule has 0 atom stereocenters. The Bertz CT molecular complexity index is 536. The summed E-state index contributed by atoms with van der Waals surface area (Å²) >= 11 is 0. The second-order valence-electron chi connectivity index (χ2n) is 6.70. The first-order valence-corrected chi connectivity index (χ1v) is 9.95. The van der Waals surface area contributed by atoms with E-state index in [4.69, 9.17) is 9.47 Å². The molecule has 1 heterocycles. The number of hydrogen-bond donors (Lipinski definition) is 2. The minimum Gasteiger partial charge on any atom is -0.474 e. The fourth-order valence-corrected chi connectivity index (χ4v) is 2.94. The van der Waals surface area contributed by atoms with Crippen molar-refractivity contribution in [1.29, 1.82) is 0 Å². The van der Waals surface area contributed by atoms with Crippen LogP contribution in [0.3, 0.4) is 0 Å². The van der Waals surface area contributed by atoms with Crippen LogP contribution in [0.5, 0.6) is 5.88 Å². The second kappa shape index (κ2) is 14.9. The molecule has 0 aromatic carbocycles. The van der Waals surface area contributed by atoms with Gasteiger partial charge in [0.25, 0.3) is 0 Å². The van der Waals surface area contributed by atoms with Crippen LogP contribution < -0.4 is 15.4 Å². The largest absolute Gasteiger partial charge is 0.474 e. The minimum atomic E-state index is 0. The topological polar surface area (TPSA) is 67.8 Å². The van der Waals surface area contributed by atoms with Crippen molar-refractivity contribution >= 4 is 29.9 Å². The summed E-state index contributed by atoms with van der Waals surface area (Å²) in [4.78, 5) is 8.59. The average molecular weight is 490 g/mol. The van der Waals surface area contributed by atoms with Gasteiger partial charge in [0.1, 0.15) is 6.10 Å². The Morgan fingerprint density at radius 1 is 1.22 bits per heavy atom. The standard InChI is InChI=1S/C20H34N4O2.HI/c1-3-4-13-25-14-7-11-23-20(21-2)24-16-17-10-12-22-19(15-17)26-18-8-5-6-9-18;/h10,12,15,18H,3-9,11,13-14,16H2,1-2H3,(H2,21,23,24);1H. The van der Waals surface area contributed by atoms with Crippen LogP contribution in [-0.2, 0) is 11.3 Å². The van der Waals surface area contributed by atoms with E-state index in [0.29, 0.717) is 12.6 Å². The van der Waals surface area contributed by atoms with Gasteiger partial charge in [-0.1, -0.05) is 13.3 Å². The molecule has 1 aromatic rings. The number of unbranched alkanes of at least 4 members (excludes halogenated alkanes) is 1. The molecule has 1 saturated carbocycles. The lowest BCUT2D eigenvalue weighted by molar-refractivity contribution is 0.129. The van der Waals surface area contributed by atoms with Gasteiger partial charge in [-0.05, 0) is 50.2 Å². The van der Waals surface area contributed by atoms with Crippen molar-refractivity contribution in [3.63, 3.8) is 0 Å². The molecule has 0 amide bonds. The minimum absolute atomic E-state index is 0. The maximum absolute atomic E-state index is 5.97. The smallest absolute Gasteiger partial charge is 0.213 e. The predicted octanol–water partition coefficient (Wildman–Crippen LogP) is 3.89. The highest BCUT2D eigenvalue weighted by Crippen LogP contribution is 2.23. The van der Waals surface area contributed by atoms with Crippen molar-refractivity contribution in [2.75, 3.05) is 26.8 Å². The number of halogens is 1. The van der Waals surface area contributed by atoms with E-state index in [1.54, 1.807) is 7.05 Å². The summed E-state index contributed by atoms with van der Waals surface area (Å²) in [5, 5.41) is 6.65. The monoisotopic (exact) mass is 490 g/mol. The van der Waals surface area contributed by atoms with Gasteiger partial charge in [0.2, 0.25) is 5.88 Å². The van der Waals surface area contributed by atoms with Crippen molar-refractivity contribution in [2.24, 2.45) is 4.99 Å². The Balaban J connectivity index is 0.00000364. The van der Waals surface area contributed by atoms with E-state index in [2.05, 4.69) is 27.5 Å². The van der Waals surface area contributed by atoms with E-state index in [9.17, 15) is 0 Å². The van der Waals surface area contributed by atoms with Crippen LogP contribution >= 0.6 is 24.0 Å². The highest BCUT2D eigenvalue weighted by Gasteiger charge is 2.17. The van der Waals surface area contributed by atoms with Crippen LogP contribution in [0.2, 0.25) is 0 Å². The van der Waals surface area contributed by atoms with Crippen LogP contribution in [0.4, 0.5) is 0 Å². The zero-order chi connectivity index (χ0) is 18.5. The molecule has 1 fully saturated rings. The van der Waals surface area contributed by atoms with Crippen molar-refractivity contribution in [3.8, 4) is 5.88 Å². The molecule has 1 aromatic heterocycles. The van der Waals surface area contributed by atoms with Gasteiger partial charge < -0.3 is 20.1 Å². The first kappa shape index (κ1) is 23.9. The van der Waals surface area contributed by atoms with Crippen LogP contribution in [0.1, 0.15) is 57.4 Å². The maximum Gasteiger partial charge on any atom is 0.213 e. The molecule has 0 saturated heterocycles. The molecule has 1 aliphatic rings. The van der Waals surface area contributed by atoms with Crippen LogP contribution in [-0.4, -0.2) is 43.9 Å². The van der Waals surface area contributed by atoms with E-state index in [-0.39, 0.29) is 24.0 Å². The Labute approximate surface area is 180 Å². The average Bonchev–Trinajstić information content (AvgIpc) is 3.17. The fourth-order valence-electron chi connectivity index (χ4n) is 2.94. The highest BCUT2D eigenvalue weighted by atomic mass is 127. The lowest BCUT2D eigenvalue weighted by Crippen LogP contribution is -2.37. The molecule has 0 aliphatic heterocycles. The van der Waals surface area contributed by atoms with Crippen molar-refractivity contribution in [3.05, 3.63) is 23.9 Å². The molecule has 27 heavy (non-hydrogen) atoms. The Morgan fingerprint density at radius 2 is 2.00 bits per heavy atom. The highest BCUT2D eigenvalue weighted by molar-refractivity contribution is 14.0. The van der Waals surface area contributed by atoms with Crippen molar-refractivity contribution < 1.29 is 9.47 Å². The third kappa shape index (κ3) is 10.1. The third-order valence-electron chi connectivity index (χ3n) is 4.47. The van der Waals surface area contributed by atoms with E-state index in [0.717, 1.165) is 62.8 Å². The number of nitrogens with zero attached hydrogens (tertiary/aromatic N) is 2. The number of nitrogens with one attached hydrogen (secondary N) is 2. The molecule has 2 N–H and O–H groups in total. The third-order valence-corrected chi connectivity index (χ3v) is 4.47. The first-order valence-electron chi connectivity index (χ1n) is 9.95. The van der Waals surface area contributed by atoms with Gasteiger partial charge >= 0.3 is 0 Å². The molecule has 2 rings (SSSR count). The summed E-state index contributed by atoms with van der Waals surface area (Å²) in [6.45, 7) is 5.36. The summed E-state index contributed by atoms with van der Waals surface area (Å²) in [5.41, 5.74) is 1.14. The molecular formula is C20H35IN4O2. The number of ether oxygens (including phenoxy) is 2. The Hall–Kier alpha value is -1.09. The molecule has 1 aliphatic carbocycles. The number of guanidine groups is 1. The van der Waals surface area contributed by atoms with Crippen LogP contribution in [0, 0.1) is 0 Å². The Morgan fingerprint density at radius 3 is 2.74 bits per heavy atom. The Kier molecular flexibility index (Phi) is 13.2. The van der Waals surface area contributed by atoms with Gasteiger partial charge in [0.15, 0.2) is 5.96 Å². The van der Waals surface area contributed by atoms with Crippen molar-refractivity contribution in [2.45, 2.75) is 64.5 Å². The number of aliphatic imine (C=N–C) groups is 1. The van der Waals surface area contributed by atoms with Crippen molar-refractivity contribution in [1.82, 2.24) is 15.6 Å². The maximum atomic E-state index is 5.97. The van der Waals surface area contributed by atoms with E-state index >= 15 is 0 Å². The zero-order valence-corrected chi connectivity index (χ0v) is 19.0. The molecule has 0 bridgehead atoms. The molecule has 6 nitrogen and oxygen atoms in total. The summed E-state index contributed by atoms with van der Waals surface area (Å²) in [7, 11) is 1.79. The summed E-state index contributed by atoms with van der Waals surface area (Å²) < 4.78 is 11.5. The SMILES string of the molecule is CCCCOCCCNC(=NC)NCc1ccnc(OC2CCCC2)c1.I. The molecule has 0 unspecified atom stereocenters. The van der Waals surface area contributed by atoms with E-state index in [1.807, 2.05) is 18.3 Å². The second-order valence-corrected chi connectivity index (χ2v) is 6.70. The van der Waals surface area contributed by atoms with E-state index < -0.39 is 0 Å². The van der Waals surface area contributed by atoms with Gasteiger partial charge in [-0.3, -0.25) is 4.99 Å².